The summed E-state index contributed by atoms with van der Waals surface area (Å²) in [7, 11) is -1.74. The second kappa shape index (κ2) is 7.48. The van der Waals surface area contributed by atoms with Gasteiger partial charge in [0.15, 0.2) is 0 Å². The van der Waals surface area contributed by atoms with Gasteiger partial charge in [0.25, 0.3) is 15.7 Å². The van der Waals surface area contributed by atoms with Gasteiger partial charge in [-0.05, 0) is 48.8 Å². The molecular weight excluding hydrogens is 378 g/mol. The van der Waals surface area contributed by atoms with Gasteiger partial charge in [-0.25, -0.2) is 4.98 Å². The monoisotopic (exact) mass is 407 g/mol. The standard InChI is InChI=1S/C20H29N3O4S/c1-14-12-15(6-11-27-28(5,25)26)17-16(13-14)18(24)22(4)19(21-17)23-9-7-20(2,3)8-10-23/h12-13H,6-11H2,1-5H3. The minimum atomic E-state index is -3.50. The first-order valence-electron chi connectivity index (χ1n) is 9.56. The fourth-order valence-corrected chi connectivity index (χ4v) is 4.07. The summed E-state index contributed by atoms with van der Waals surface area (Å²) in [5, 5.41) is 0.554. The predicted octanol–water partition coefficient (Wildman–Crippen LogP) is 2.39. The normalized spacial score (nSPS) is 17.2. The van der Waals surface area contributed by atoms with Crippen LogP contribution >= 0.6 is 0 Å². The Balaban J connectivity index is 2.03. The highest BCUT2D eigenvalue weighted by Gasteiger charge is 2.27. The van der Waals surface area contributed by atoms with Crippen LogP contribution in [0.15, 0.2) is 16.9 Å². The average molecular weight is 408 g/mol. The van der Waals surface area contributed by atoms with Crippen molar-refractivity contribution in [1.82, 2.24) is 9.55 Å². The Bertz CT molecular complexity index is 1050. The predicted molar refractivity (Wildman–Crippen MR) is 111 cm³/mol. The summed E-state index contributed by atoms with van der Waals surface area (Å²) < 4.78 is 29.1. The molecule has 2 aromatic rings. The van der Waals surface area contributed by atoms with Crippen molar-refractivity contribution in [2.24, 2.45) is 12.5 Å². The first-order chi connectivity index (χ1) is 13.0. The number of nitrogens with zero attached hydrogens (tertiary/aromatic N) is 3. The van der Waals surface area contributed by atoms with Gasteiger partial charge in [0, 0.05) is 20.1 Å². The SMILES string of the molecule is Cc1cc(CCOS(C)(=O)=O)c2nc(N3CCC(C)(C)CC3)n(C)c(=O)c2c1. The lowest BCUT2D eigenvalue weighted by Crippen LogP contribution is -2.40. The van der Waals surface area contributed by atoms with Gasteiger partial charge in [-0.15, -0.1) is 0 Å². The van der Waals surface area contributed by atoms with Gasteiger partial charge in [-0.2, -0.15) is 8.42 Å². The van der Waals surface area contributed by atoms with E-state index < -0.39 is 10.1 Å². The molecule has 154 valence electrons. The number of benzene rings is 1. The molecule has 0 saturated carbocycles. The summed E-state index contributed by atoms with van der Waals surface area (Å²) in [5.41, 5.74) is 2.62. The maximum atomic E-state index is 13.0. The largest absolute Gasteiger partial charge is 0.342 e. The molecule has 0 N–H and O–H groups in total. The number of hydrogen-bond acceptors (Lipinski definition) is 6. The zero-order valence-corrected chi connectivity index (χ0v) is 18.1. The zero-order chi connectivity index (χ0) is 20.7. The fourth-order valence-electron chi connectivity index (χ4n) is 3.68. The zero-order valence-electron chi connectivity index (χ0n) is 17.3. The van der Waals surface area contributed by atoms with E-state index in [1.165, 1.54) is 0 Å². The number of hydrogen-bond donors (Lipinski definition) is 0. The Morgan fingerprint density at radius 3 is 2.46 bits per heavy atom. The Morgan fingerprint density at radius 1 is 1.21 bits per heavy atom. The van der Waals surface area contributed by atoms with Crippen LogP contribution < -0.4 is 10.5 Å². The van der Waals surface area contributed by atoms with E-state index in [4.69, 9.17) is 9.17 Å². The van der Waals surface area contributed by atoms with Gasteiger partial charge in [-0.1, -0.05) is 19.9 Å². The first kappa shape index (κ1) is 20.8. The molecule has 0 aliphatic carbocycles. The van der Waals surface area contributed by atoms with Crippen molar-refractivity contribution >= 4 is 27.0 Å². The van der Waals surface area contributed by atoms with Gasteiger partial charge in [0.1, 0.15) is 0 Å². The summed E-state index contributed by atoms with van der Waals surface area (Å²) in [6.45, 7) is 8.19. The van der Waals surface area contributed by atoms with Crippen molar-refractivity contribution in [3.63, 3.8) is 0 Å². The lowest BCUT2D eigenvalue weighted by molar-refractivity contribution is 0.277. The maximum absolute atomic E-state index is 13.0. The summed E-state index contributed by atoms with van der Waals surface area (Å²) in [5.74, 6) is 0.669. The lowest BCUT2D eigenvalue weighted by Gasteiger charge is -2.38. The molecular formula is C20H29N3O4S. The van der Waals surface area contributed by atoms with E-state index in [1.807, 2.05) is 19.1 Å². The Kier molecular flexibility index (Phi) is 5.55. The van der Waals surface area contributed by atoms with Gasteiger partial charge in [-0.3, -0.25) is 13.5 Å². The number of aryl methyl sites for hydroxylation is 1. The molecule has 0 atom stereocenters. The average Bonchev–Trinajstić information content (AvgIpc) is 2.58. The molecule has 1 fully saturated rings. The van der Waals surface area contributed by atoms with E-state index in [-0.39, 0.29) is 12.2 Å². The molecule has 1 saturated heterocycles. The molecule has 2 heterocycles. The summed E-state index contributed by atoms with van der Waals surface area (Å²) in [4.78, 5) is 20.0. The molecule has 0 spiro atoms. The number of rotatable bonds is 5. The minimum Gasteiger partial charge on any atom is -0.342 e. The van der Waals surface area contributed by atoms with Crippen LogP contribution in [0.1, 0.15) is 37.8 Å². The molecule has 0 amide bonds. The third-order valence-corrected chi connectivity index (χ3v) is 6.04. The van der Waals surface area contributed by atoms with Gasteiger partial charge < -0.3 is 4.90 Å². The van der Waals surface area contributed by atoms with Crippen LogP contribution in [0.3, 0.4) is 0 Å². The molecule has 0 unspecified atom stereocenters. The molecule has 1 aliphatic heterocycles. The van der Waals surface area contributed by atoms with Crippen molar-refractivity contribution in [2.45, 2.75) is 40.0 Å². The number of piperidine rings is 1. The lowest BCUT2D eigenvalue weighted by atomic mass is 9.83. The smallest absolute Gasteiger partial charge is 0.264 e. The number of fused-ring (bicyclic) bond motifs is 1. The Labute approximate surface area is 166 Å². The third-order valence-electron chi connectivity index (χ3n) is 5.45. The van der Waals surface area contributed by atoms with Gasteiger partial charge >= 0.3 is 0 Å². The van der Waals surface area contributed by atoms with E-state index in [0.29, 0.717) is 28.7 Å². The van der Waals surface area contributed by atoms with Crippen LogP contribution in [0.4, 0.5) is 5.95 Å². The summed E-state index contributed by atoms with van der Waals surface area (Å²) >= 11 is 0. The number of anilines is 1. The van der Waals surface area contributed by atoms with E-state index in [1.54, 1.807) is 11.6 Å². The van der Waals surface area contributed by atoms with Crippen molar-refractivity contribution in [2.75, 3.05) is 30.9 Å². The molecule has 1 aromatic heterocycles. The Hall–Kier alpha value is -1.93. The molecule has 8 heteroatoms. The Morgan fingerprint density at radius 2 is 1.86 bits per heavy atom. The van der Waals surface area contributed by atoms with Crippen LogP contribution in [-0.2, 0) is 27.8 Å². The van der Waals surface area contributed by atoms with Gasteiger partial charge in [0.05, 0.1) is 23.8 Å². The number of aromatic nitrogens is 2. The highest BCUT2D eigenvalue weighted by molar-refractivity contribution is 7.85. The van der Waals surface area contributed by atoms with Crippen LogP contribution in [0.5, 0.6) is 0 Å². The van der Waals surface area contributed by atoms with Crippen molar-refractivity contribution < 1.29 is 12.6 Å². The molecule has 0 radical (unpaired) electrons. The van der Waals surface area contributed by atoms with E-state index >= 15 is 0 Å². The fraction of sp³-hybridized carbons (Fsp3) is 0.600. The molecule has 3 rings (SSSR count). The van der Waals surface area contributed by atoms with Crippen molar-refractivity contribution in [3.05, 3.63) is 33.6 Å². The van der Waals surface area contributed by atoms with Gasteiger partial charge in [0.2, 0.25) is 5.95 Å². The highest BCUT2D eigenvalue weighted by Crippen LogP contribution is 2.31. The minimum absolute atomic E-state index is 0.0293. The second-order valence-electron chi connectivity index (χ2n) is 8.52. The van der Waals surface area contributed by atoms with E-state index in [0.717, 1.165) is 43.3 Å². The highest BCUT2D eigenvalue weighted by atomic mass is 32.2. The van der Waals surface area contributed by atoms with Crippen molar-refractivity contribution in [1.29, 1.82) is 0 Å². The summed E-state index contributed by atoms with van der Waals surface area (Å²) in [6.07, 6.45) is 3.50. The van der Waals surface area contributed by atoms with E-state index in [9.17, 15) is 13.2 Å². The van der Waals surface area contributed by atoms with E-state index in [2.05, 4.69) is 18.7 Å². The van der Waals surface area contributed by atoms with Crippen molar-refractivity contribution in [3.8, 4) is 0 Å². The van der Waals surface area contributed by atoms with Crippen LogP contribution in [-0.4, -0.2) is 43.9 Å². The third kappa shape index (κ3) is 4.55. The molecule has 7 nitrogen and oxygen atoms in total. The van der Waals surface area contributed by atoms with Crippen LogP contribution in [0.2, 0.25) is 0 Å². The van der Waals surface area contributed by atoms with Crippen LogP contribution in [0, 0.1) is 12.3 Å². The summed E-state index contributed by atoms with van der Waals surface area (Å²) in [6, 6.07) is 3.79. The molecule has 1 aromatic carbocycles. The molecule has 28 heavy (non-hydrogen) atoms. The maximum Gasteiger partial charge on any atom is 0.264 e. The van der Waals surface area contributed by atoms with Crippen LogP contribution in [0.25, 0.3) is 10.9 Å². The molecule has 1 aliphatic rings. The topological polar surface area (TPSA) is 81.5 Å². The quantitative estimate of drug-likeness (QED) is 0.708. The second-order valence-corrected chi connectivity index (χ2v) is 10.2. The first-order valence-corrected chi connectivity index (χ1v) is 11.4. The molecule has 0 bridgehead atoms.